The van der Waals surface area contributed by atoms with Crippen LogP contribution in [0.15, 0.2) is 29.2 Å². The van der Waals surface area contributed by atoms with Crippen LogP contribution in [0, 0.1) is 12.8 Å². The van der Waals surface area contributed by atoms with E-state index >= 15 is 0 Å². The lowest BCUT2D eigenvalue weighted by molar-refractivity contribution is -0.118. The number of thioether (sulfide) groups is 1. The smallest absolute Gasteiger partial charge is 0.230 e. The molecule has 1 rings (SSSR count). The van der Waals surface area contributed by atoms with Crippen molar-refractivity contribution in [3.8, 4) is 0 Å². The predicted molar refractivity (Wildman–Crippen MR) is 88.2 cm³/mol. The average Bonchev–Trinajstić information content (AvgIpc) is 2.47. The largest absolute Gasteiger partial charge is 0.355 e. The molecule has 1 N–H and O–H groups in total. The first kappa shape index (κ1) is 17.1. The third-order valence-corrected chi connectivity index (χ3v) is 4.53. The molecular formula is C17H27NOS. The Hall–Kier alpha value is -0.960. The monoisotopic (exact) mass is 293 g/mol. The van der Waals surface area contributed by atoms with Crippen molar-refractivity contribution in [3.05, 3.63) is 29.8 Å². The zero-order chi connectivity index (χ0) is 14.8. The highest BCUT2D eigenvalue weighted by Crippen LogP contribution is 2.18. The van der Waals surface area contributed by atoms with E-state index in [0.29, 0.717) is 11.7 Å². The SMILES string of the molecule is CCCC[C@H](CC)CNC(=O)CSc1ccc(C)cc1. The van der Waals surface area contributed by atoms with Crippen molar-refractivity contribution in [2.24, 2.45) is 5.92 Å². The van der Waals surface area contributed by atoms with Crippen LogP contribution in [0.3, 0.4) is 0 Å². The van der Waals surface area contributed by atoms with Crippen LogP contribution in [-0.4, -0.2) is 18.2 Å². The lowest BCUT2D eigenvalue weighted by Crippen LogP contribution is -2.30. The molecule has 1 atom stereocenters. The van der Waals surface area contributed by atoms with Crippen LogP contribution in [0.5, 0.6) is 0 Å². The summed E-state index contributed by atoms with van der Waals surface area (Å²) in [5.74, 6) is 1.28. The lowest BCUT2D eigenvalue weighted by Gasteiger charge is -2.15. The molecule has 3 heteroatoms. The van der Waals surface area contributed by atoms with Crippen LogP contribution in [-0.2, 0) is 4.79 Å². The molecule has 0 aromatic heterocycles. The molecule has 2 nitrogen and oxygen atoms in total. The molecule has 0 aliphatic heterocycles. The molecule has 1 aromatic carbocycles. The van der Waals surface area contributed by atoms with Gasteiger partial charge in [-0.25, -0.2) is 0 Å². The zero-order valence-corrected chi connectivity index (χ0v) is 13.8. The Labute approximate surface area is 127 Å². The third kappa shape index (κ3) is 6.99. The molecule has 0 fully saturated rings. The third-order valence-electron chi connectivity index (χ3n) is 3.52. The summed E-state index contributed by atoms with van der Waals surface area (Å²) in [5.41, 5.74) is 1.25. The Morgan fingerprint density at radius 2 is 1.95 bits per heavy atom. The normalized spacial score (nSPS) is 12.2. The van der Waals surface area contributed by atoms with E-state index in [-0.39, 0.29) is 5.91 Å². The van der Waals surface area contributed by atoms with Crippen molar-refractivity contribution >= 4 is 17.7 Å². The van der Waals surface area contributed by atoms with Gasteiger partial charge in [-0.15, -0.1) is 11.8 Å². The number of unbranched alkanes of at least 4 members (excludes halogenated alkanes) is 1. The van der Waals surface area contributed by atoms with Crippen molar-refractivity contribution in [1.82, 2.24) is 5.32 Å². The van der Waals surface area contributed by atoms with Crippen LogP contribution in [0.25, 0.3) is 0 Å². The van der Waals surface area contributed by atoms with Gasteiger partial charge in [0.15, 0.2) is 0 Å². The predicted octanol–water partition coefficient (Wildman–Crippen LogP) is 4.42. The van der Waals surface area contributed by atoms with E-state index in [2.05, 4.69) is 50.4 Å². The number of amides is 1. The van der Waals surface area contributed by atoms with E-state index in [9.17, 15) is 4.79 Å². The molecular weight excluding hydrogens is 266 g/mol. The Balaban J connectivity index is 2.24. The maximum Gasteiger partial charge on any atom is 0.230 e. The first-order chi connectivity index (χ1) is 9.65. The standard InChI is InChI=1S/C17H27NOS/c1-4-6-7-15(5-2)12-18-17(19)13-20-16-10-8-14(3)9-11-16/h8-11,15H,4-7,12-13H2,1-3H3,(H,18,19)/t15-/m0/s1. The van der Waals surface area contributed by atoms with Gasteiger partial charge in [0.2, 0.25) is 5.91 Å². The fourth-order valence-electron chi connectivity index (χ4n) is 2.04. The number of nitrogens with one attached hydrogen (secondary N) is 1. The minimum Gasteiger partial charge on any atom is -0.355 e. The second-order valence-electron chi connectivity index (χ2n) is 5.32. The fourth-order valence-corrected chi connectivity index (χ4v) is 2.76. The average molecular weight is 293 g/mol. The Bertz CT molecular complexity index is 388. The van der Waals surface area contributed by atoms with Crippen molar-refractivity contribution in [2.45, 2.75) is 51.3 Å². The fraction of sp³-hybridized carbons (Fsp3) is 0.588. The van der Waals surface area contributed by atoms with Gasteiger partial charge in [0.25, 0.3) is 0 Å². The van der Waals surface area contributed by atoms with Crippen LogP contribution in [0.2, 0.25) is 0 Å². The van der Waals surface area contributed by atoms with Gasteiger partial charge in [-0.3, -0.25) is 4.79 Å². The van der Waals surface area contributed by atoms with Gasteiger partial charge in [0.1, 0.15) is 0 Å². The first-order valence-corrected chi connectivity index (χ1v) is 8.60. The van der Waals surface area contributed by atoms with Crippen molar-refractivity contribution in [1.29, 1.82) is 0 Å². The van der Waals surface area contributed by atoms with Gasteiger partial charge in [-0.1, -0.05) is 50.8 Å². The van der Waals surface area contributed by atoms with Crippen LogP contribution >= 0.6 is 11.8 Å². The molecule has 0 aliphatic rings. The maximum atomic E-state index is 11.8. The van der Waals surface area contributed by atoms with Crippen molar-refractivity contribution in [2.75, 3.05) is 12.3 Å². The van der Waals surface area contributed by atoms with E-state index < -0.39 is 0 Å². The number of rotatable bonds is 9. The minimum atomic E-state index is 0.144. The molecule has 1 aromatic rings. The summed E-state index contributed by atoms with van der Waals surface area (Å²) in [4.78, 5) is 13.0. The summed E-state index contributed by atoms with van der Waals surface area (Å²) in [6, 6.07) is 8.31. The molecule has 0 saturated heterocycles. The highest BCUT2D eigenvalue weighted by molar-refractivity contribution is 8.00. The summed E-state index contributed by atoms with van der Waals surface area (Å²) in [7, 11) is 0. The van der Waals surface area contributed by atoms with Gasteiger partial charge in [-0.2, -0.15) is 0 Å². The Morgan fingerprint density at radius 1 is 1.25 bits per heavy atom. The first-order valence-electron chi connectivity index (χ1n) is 7.61. The maximum absolute atomic E-state index is 11.8. The van der Waals surface area contributed by atoms with Crippen LogP contribution < -0.4 is 5.32 Å². The van der Waals surface area contributed by atoms with Crippen molar-refractivity contribution in [3.63, 3.8) is 0 Å². The number of hydrogen-bond acceptors (Lipinski definition) is 2. The summed E-state index contributed by atoms with van der Waals surface area (Å²) >= 11 is 1.60. The van der Waals surface area contributed by atoms with Crippen LogP contribution in [0.1, 0.15) is 45.1 Å². The Kier molecular flexibility index (Phi) is 8.43. The number of carbonyl (C=O) groups is 1. The number of carbonyl (C=O) groups excluding carboxylic acids is 1. The van der Waals surface area contributed by atoms with Crippen LogP contribution in [0.4, 0.5) is 0 Å². The summed E-state index contributed by atoms with van der Waals surface area (Å²) in [6.07, 6.45) is 4.85. The summed E-state index contributed by atoms with van der Waals surface area (Å²) in [5, 5.41) is 3.06. The quantitative estimate of drug-likeness (QED) is 0.683. The molecule has 112 valence electrons. The summed E-state index contributed by atoms with van der Waals surface area (Å²) < 4.78 is 0. The second-order valence-corrected chi connectivity index (χ2v) is 6.37. The van der Waals surface area contributed by atoms with E-state index in [1.165, 1.54) is 24.8 Å². The van der Waals surface area contributed by atoms with E-state index in [4.69, 9.17) is 0 Å². The molecule has 20 heavy (non-hydrogen) atoms. The number of aryl methyl sites for hydroxylation is 1. The lowest BCUT2D eigenvalue weighted by atomic mass is 9.99. The second kappa shape index (κ2) is 9.87. The highest BCUT2D eigenvalue weighted by Gasteiger charge is 2.08. The molecule has 0 bridgehead atoms. The van der Waals surface area contributed by atoms with E-state index in [1.807, 2.05) is 0 Å². The van der Waals surface area contributed by atoms with E-state index in [0.717, 1.165) is 17.9 Å². The van der Waals surface area contributed by atoms with Gasteiger partial charge in [-0.05, 0) is 31.4 Å². The number of hydrogen-bond donors (Lipinski definition) is 1. The van der Waals surface area contributed by atoms with Gasteiger partial charge in [0, 0.05) is 11.4 Å². The summed E-state index contributed by atoms with van der Waals surface area (Å²) in [6.45, 7) is 7.31. The molecule has 0 radical (unpaired) electrons. The van der Waals surface area contributed by atoms with Gasteiger partial charge in [0.05, 0.1) is 5.75 Å². The topological polar surface area (TPSA) is 29.1 Å². The van der Waals surface area contributed by atoms with Crippen molar-refractivity contribution < 1.29 is 4.79 Å². The Morgan fingerprint density at radius 3 is 2.55 bits per heavy atom. The number of benzene rings is 1. The van der Waals surface area contributed by atoms with Gasteiger partial charge >= 0.3 is 0 Å². The van der Waals surface area contributed by atoms with Gasteiger partial charge < -0.3 is 5.32 Å². The zero-order valence-electron chi connectivity index (χ0n) is 12.9. The minimum absolute atomic E-state index is 0.144. The molecule has 1 amide bonds. The highest BCUT2D eigenvalue weighted by atomic mass is 32.2. The molecule has 0 spiro atoms. The molecule has 0 heterocycles. The van der Waals surface area contributed by atoms with E-state index in [1.54, 1.807) is 11.8 Å². The molecule has 0 saturated carbocycles. The molecule has 0 unspecified atom stereocenters. The molecule has 0 aliphatic carbocycles.